The quantitative estimate of drug-likeness (QED) is 0.202. The molecule has 7 heteroatoms. The average molecular weight is 522 g/mol. The van der Waals surface area contributed by atoms with E-state index in [0.717, 1.165) is 44.1 Å². The Balaban J connectivity index is 0.00000320. The van der Waals surface area contributed by atoms with Gasteiger partial charge in [0.05, 0.1) is 5.69 Å². The van der Waals surface area contributed by atoms with Crippen LogP contribution in [0, 0.1) is 13.8 Å². The third-order valence-corrected chi connectivity index (χ3v) is 5.40. The van der Waals surface area contributed by atoms with Crippen molar-refractivity contribution in [3.63, 3.8) is 0 Å². The van der Waals surface area contributed by atoms with Crippen LogP contribution in [0.15, 0.2) is 41.5 Å². The van der Waals surface area contributed by atoms with E-state index in [1.165, 1.54) is 22.2 Å². The Morgan fingerprint density at radius 3 is 2.67 bits per heavy atom. The van der Waals surface area contributed by atoms with Crippen molar-refractivity contribution in [1.29, 1.82) is 0 Å². The van der Waals surface area contributed by atoms with Crippen LogP contribution in [0.3, 0.4) is 0 Å². The van der Waals surface area contributed by atoms with Crippen molar-refractivity contribution in [2.75, 3.05) is 13.1 Å². The number of halogens is 1. The number of nitrogens with one attached hydrogen (secondary N) is 2. The van der Waals surface area contributed by atoms with E-state index in [9.17, 15) is 0 Å². The first kappa shape index (κ1) is 24.2. The minimum atomic E-state index is 0. The largest absolute Gasteiger partial charge is 0.357 e. The minimum absolute atomic E-state index is 0. The standard InChI is InChI=1S/C23H34N6.HI/c1-6-24-23(26-17(2)16-21-18(3)27-28(5)19(21)4)25-13-9-14-29-15-12-20-10-7-8-11-22(20)29;/h7-8,10-12,15,17H,6,9,13-14,16H2,1-5H3,(H2,24,25,26);1H. The van der Waals surface area contributed by atoms with Gasteiger partial charge in [-0.1, -0.05) is 18.2 Å². The monoisotopic (exact) mass is 522 g/mol. The van der Waals surface area contributed by atoms with Gasteiger partial charge in [-0.25, -0.2) is 0 Å². The highest BCUT2D eigenvalue weighted by atomic mass is 127. The highest BCUT2D eigenvalue weighted by molar-refractivity contribution is 14.0. The van der Waals surface area contributed by atoms with Crippen LogP contribution in [0.1, 0.15) is 37.2 Å². The Kier molecular flexibility index (Phi) is 9.20. The normalized spacial score (nSPS) is 12.6. The number of aromatic nitrogens is 3. The molecule has 3 rings (SSSR count). The molecule has 0 aliphatic carbocycles. The predicted octanol–water partition coefficient (Wildman–Crippen LogP) is 4.19. The molecule has 164 valence electrons. The molecule has 30 heavy (non-hydrogen) atoms. The molecule has 0 fully saturated rings. The Bertz CT molecular complexity index is 971. The van der Waals surface area contributed by atoms with Crippen LogP contribution in [0.5, 0.6) is 0 Å². The lowest BCUT2D eigenvalue weighted by molar-refractivity contribution is 0.628. The van der Waals surface area contributed by atoms with Crippen LogP contribution >= 0.6 is 24.0 Å². The van der Waals surface area contributed by atoms with Gasteiger partial charge in [0.25, 0.3) is 0 Å². The van der Waals surface area contributed by atoms with E-state index in [1.54, 1.807) is 0 Å². The van der Waals surface area contributed by atoms with Crippen LogP contribution in [0.25, 0.3) is 10.9 Å². The van der Waals surface area contributed by atoms with Gasteiger partial charge in [0.15, 0.2) is 5.96 Å². The SMILES string of the molecule is CCNC(=NCCCn1ccc2ccccc21)NC(C)Cc1c(C)nn(C)c1C.I. The number of para-hydroxylation sites is 1. The number of hydrogen-bond acceptors (Lipinski definition) is 2. The summed E-state index contributed by atoms with van der Waals surface area (Å²) in [5.74, 6) is 0.886. The van der Waals surface area contributed by atoms with Crippen LogP contribution in [-0.4, -0.2) is 39.4 Å². The van der Waals surface area contributed by atoms with Gasteiger partial charge in [0.2, 0.25) is 0 Å². The van der Waals surface area contributed by atoms with Crippen LogP contribution in [0.4, 0.5) is 0 Å². The zero-order valence-electron chi connectivity index (χ0n) is 18.8. The van der Waals surface area contributed by atoms with Gasteiger partial charge in [-0.3, -0.25) is 9.67 Å². The molecule has 0 amide bonds. The van der Waals surface area contributed by atoms with E-state index in [-0.39, 0.29) is 30.0 Å². The maximum Gasteiger partial charge on any atom is 0.191 e. The maximum atomic E-state index is 4.78. The second kappa shape index (κ2) is 11.4. The smallest absolute Gasteiger partial charge is 0.191 e. The molecule has 1 atom stereocenters. The first-order valence-corrected chi connectivity index (χ1v) is 10.6. The maximum absolute atomic E-state index is 4.78. The van der Waals surface area contributed by atoms with Crippen molar-refractivity contribution in [1.82, 2.24) is 25.0 Å². The molecule has 0 saturated carbocycles. The summed E-state index contributed by atoms with van der Waals surface area (Å²) in [6, 6.07) is 11.0. The Labute approximate surface area is 197 Å². The van der Waals surface area contributed by atoms with E-state index < -0.39 is 0 Å². The highest BCUT2D eigenvalue weighted by Crippen LogP contribution is 2.15. The van der Waals surface area contributed by atoms with Crippen molar-refractivity contribution < 1.29 is 0 Å². The molecule has 0 saturated heterocycles. The predicted molar refractivity (Wildman–Crippen MR) is 137 cm³/mol. The molecular formula is C23H35IN6. The highest BCUT2D eigenvalue weighted by Gasteiger charge is 2.14. The van der Waals surface area contributed by atoms with E-state index in [1.807, 2.05) is 11.7 Å². The van der Waals surface area contributed by atoms with Gasteiger partial charge in [0, 0.05) is 50.1 Å². The summed E-state index contributed by atoms with van der Waals surface area (Å²) in [5.41, 5.74) is 4.96. The van der Waals surface area contributed by atoms with Crippen LogP contribution in [-0.2, 0) is 20.0 Å². The molecule has 0 bridgehead atoms. The zero-order chi connectivity index (χ0) is 20.8. The number of hydrogen-bond donors (Lipinski definition) is 2. The van der Waals surface area contributed by atoms with Crippen molar-refractivity contribution in [3.8, 4) is 0 Å². The number of rotatable bonds is 8. The lowest BCUT2D eigenvalue weighted by Gasteiger charge is -2.18. The van der Waals surface area contributed by atoms with Crippen LogP contribution in [0.2, 0.25) is 0 Å². The van der Waals surface area contributed by atoms with Gasteiger partial charge in [0.1, 0.15) is 0 Å². The topological polar surface area (TPSA) is 59.2 Å². The molecule has 0 spiro atoms. The number of aryl methyl sites for hydroxylation is 3. The van der Waals surface area contributed by atoms with Crippen molar-refractivity contribution in [2.24, 2.45) is 12.0 Å². The molecule has 2 N–H and O–H groups in total. The molecular weight excluding hydrogens is 487 g/mol. The zero-order valence-corrected chi connectivity index (χ0v) is 21.1. The first-order valence-electron chi connectivity index (χ1n) is 10.6. The number of nitrogens with zero attached hydrogens (tertiary/aromatic N) is 4. The Morgan fingerprint density at radius 1 is 1.20 bits per heavy atom. The van der Waals surface area contributed by atoms with Gasteiger partial charge < -0.3 is 15.2 Å². The van der Waals surface area contributed by atoms with Crippen molar-refractivity contribution in [2.45, 2.75) is 53.1 Å². The van der Waals surface area contributed by atoms with E-state index in [0.29, 0.717) is 0 Å². The second-order valence-corrected chi connectivity index (χ2v) is 7.70. The Hall–Kier alpha value is -2.03. The molecule has 2 aromatic heterocycles. The van der Waals surface area contributed by atoms with Gasteiger partial charge >= 0.3 is 0 Å². The average Bonchev–Trinajstić information content (AvgIpc) is 3.21. The Morgan fingerprint density at radius 2 is 1.97 bits per heavy atom. The van der Waals surface area contributed by atoms with Crippen molar-refractivity contribution >= 4 is 40.8 Å². The lowest BCUT2D eigenvalue weighted by Crippen LogP contribution is -2.43. The first-order chi connectivity index (χ1) is 14.0. The molecule has 3 aromatic rings. The molecule has 0 radical (unpaired) electrons. The fourth-order valence-electron chi connectivity index (χ4n) is 3.79. The van der Waals surface area contributed by atoms with Crippen molar-refractivity contribution in [3.05, 3.63) is 53.5 Å². The third kappa shape index (κ3) is 6.00. The number of fused-ring (bicyclic) bond motifs is 1. The fraction of sp³-hybridized carbons (Fsp3) is 0.478. The van der Waals surface area contributed by atoms with E-state index in [2.05, 4.69) is 84.5 Å². The molecule has 1 unspecified atom stereocenters. The summed E-state index contributed by atoms with van der Waals surface area (Å²) < 4.78 is 4.27. The van der Waals surface area contributed by atoms with E-state index in [4.69, 9.17) is 4.99 Å². The summed E-state index contributed by atoms with van der Waals surface area (Å²) in [7, 11) is 2.00. The summed E-state index contributed by atoms with van der Waals surface area (Å²) in [4.78, 5) is 4.78. The second-order valence-electron chi connectivity index (χ2n) is 7.70. The van der Waals surface area contributed by atoms with Crippen LogP contribution < -0.4 is 10.6 Å². The molecule has 6 nitrogen and oxygen atoms in total. The van der Waals surface area contributed by atoms with Gasteiger partial charge in [-0.15, -0.1) is 24.0 Å². The molecule has 1 aromatic carbocycles. The lowest BCUT2D eigenvalue weighted by atomic mass is 10.1. The minimum Gasteiger partial charge on any atom is -0.357 e. The van der Waals surface area contributed by atoms with Gasteiger partial charge in [-0.2, -0.15) is 5.10 Å². The third-order valence-electron chi connectivity index (χ3n) is 5.40. The summed E-state index contributed by atoms with van der Waals surface area (Å²) >= 11 is 0. The molecule has 0 aliphatic heterocycles. The molecule has 2 heterocycles. The summed E-state index contributed by atoms with van der Waals surface area (Å²) in [5, 5.41) is 12.7. The van der Waals surface area contributed by atoms with Gasteiger partial charge in [-0.05, 0) is 63.6 Å². The number of aliphatic imine (C=N–C) groups is 1. The van der Waals surface area contributed by atoms with E-state index >= 15 is 0 Å². The summed E-state index contributed by atoms with van der Waals surface area (Å²) in [6.45, 7) is 11.1. The fourth-order valence-corrected chi connectivity index (χ4v) is 3.79. The number of benzene rings is 1. The summed E-state index contributed by atoms with van der Waals surface area (Å²) in [6.07, 6.45) is 4.11. The number of guanidine groups is 1. The molecule has 0 aliphatic rings.